The minimum atomic E-state index is -0.742. The summed E-state index contributed by atoms with van der Waals surface area (Å²) < 4.78 is 31.9. The molecule has 7 nitrogen and oxygen atoms in total. The van der Waals surface area contributed by atoms with Crippen molar-refractivity contribution in [3.8, 4) is 0 Å². The van der Waals surface area contributed by atoms with Crippen LogP contribution >= 0.6 is 0 Å². The van der Waals surface area contributed by atoms with E-state index < -0.39 is 23.9 Å². The maximum atomic E-state index is 13.4. The predicted octanol–water partition coefficient (Wildman–Crippen LogP) is 2.96. The molecule has 1 fully saturated rings. The van der Waals surface area contributed by atoms with Crippen molar-refractivity contribution in [1.29, 1.82) is 0 Å². The number of carbonyl (C=O) groups excluding carboxylic acids is 2. The zero-order chi connectivity index (χ0) is 23.4. The Bertz CT molecular complexity index is 1030. The summed E-state index contributed by atoms with van der Waals surface area (Å²) in [5.41, 5.74) is 2.33. The van der Waals surface area contributed by atoms with Crippen molar-refractivity contribution in [2.75, 3.05) is 44.2 Å². The van der Waals surface area contributed by atoms with E-state index in [2.05, 4.69) is 20.4 Å². The van der Waals surface area contributed by atoms with Gasteiger partial charge in [0.25, 0.3) is 0 Å². The summed E-state index contributed by atoms with van der Waals surface area (Å²) in [5, 5.41) is 5.52. The lowest BCUT2D eigenvalue weighted by Crippen LogP contribution is -2.51. The fourth-order valence-corrected chi connectivity index (χ4v) is 4.14. The van der Waals surface area contributed by atoms with Crippen LogP contribution in [0.5, 0.6) is 0 Å². The minimum absolute atomic E-state index is 0.191. The number of piperazine rings is 1. The Kier molecular flexibility index (Phi) is 6.88. The van der Waals surface area contributed by atoms with Crippen LogP contribution in [0, 0.1) is 11.6 Å². The Morgan fingerprint density at radius 1 is 1.00 bits per heavy atom. The number of nitrogens with zero attached hydrogens (tertiary/aromatic N) is 2. The van der Waals surface area contributed by atoms with E-state index in [0.29, 0.717) is 36.5 Å². The second-order valence-electron chi connectivity index (χ2n) is 7.94. The van der Waals surface area contributed by atoms with Crippen LogP contribution < -0.4 is 15.5 Å². The van der Waals surface area contributed by atoms with Gasteiger partial charge >= 0.3 is 12.0 Å². The van der Waals surface area contributed by atoms with Crippen LogP contribution in [-0.2, 0) is 9.53 Å². The average Bonchev–Trinajstić information content (AvgIpc) is 2.80. The normalized spacial score (nSPS) is 19.2. The minimum Gasteiger partial charge on any atom is -0.463 e. The Morgan fingerprint density at radius 3 is 2.21 bits per heavy atom. The lowest BCUT2D eigenvalue weighted by Gasteiger charge is -2.38. The molecule has 1 atom stereocenters. The van der Waals surface area contributed by atoms with E-state index in [1.54, 1.807) is 31.2 Å². The number of rotatable bonds is 6. The quantitative estimate of drug-likeness (QED) is 0.654. The van der Waals surface area contributed by atoms with Crippen LogP contribution in [0.3, 0.4) is 0 Å². The van der Waals surface area contributed by atoms with Gasteiger partial charge in [-0.2, -0.15) is 0 Å². The van der Waals surface area contributed by atoms with Crippen molar-refractivity contribution < 1.29 is 23.1 Å². The fraction of sp³-hybridized carbons (Fsp3) is 0.333. The van der Waals surface area contributed by atoms with E-state index in [1.165, 1.54) is 24.3 Å². The number of carbonyl (C=O) groups is 2. The zero-order valence-electron chi connectivity index (χ0n) is 18.3. The highest BCUT2D eigenvalue weighted by Gasteiger charge is 2.34. The van der Waals surface area contributed by atoms with Crippen molar-refractivity contribution in [3.63, 3.8) is 0 Å². The van der Waals surface area contributed by atoms with Crippen LogP contribution in [0.15, 0.2) is 59.8 Å². The first-order valence-electron chi connectivity index (χ1n) is 10.9. The molecular weight excluding hydrogens is 430 g/mol. The van der Waals surface area contributed by atoms with Gasteiger partial charge < -0.3 is 20.3 Å². The number of urea groups is 1. The van der Waals surface area contributed by atoms with Gasteiger partial charge in [0.2, 0.25) is 0 Å². The molecule has 174 valence electrons. The van der Waals surface area contributed by atoms with Gasteiger partial charge in [0.1, 0.15) is 11.6 Å². The zero-order valence-corrected chi connectivity index (χ0v) is 18.3. The molecule has 1 saturated heterocycles. The average molecular weight is 456 g/mol. The van der Waals surface area contributed by atoms with Crippen LogP contribution in [0.4, 0.5) is 19.3 Å². The van der Waals surface area contributed by atoms with Gasteiger partial charge in [-0.05, 0) is 48.9 Å². The summed E-state index contributed by atoms with van der Waals surface area (Å²) in [4.78, 5) is 29.6. The first-order valence-corrected chi connectivity index (χ1v) is 10.9. The Balaban J connectivity index is 1.54. The number of anilines is 1. The van der Waals surface area contributed by atoms with Gasteiger partial charge in [-0.3, -0.25) is 4.90 Å². The first kappa shape index (κ1) is 22.7. The van der Waals surface area contributed by atoms with E-state index in [0.717, 1.165) is 18.8 Å². The van der Waals surface area contributed by atoms with E-state index in [4.69, 9.17) is 4.74 Å². The van der Waals surface area contributed by atoms with Gasteiger partial charge in [0.05, 0.1) is 18.2 Å². The monoisotopic (exact) mass is 456 g/mol. The predicted molar refractivity (Wildman–Crippen MR) is 120 cm³/mol. The van der Waals surface area contributed by atoms with E-state index >= 15 is 0 Å². The molecule has 0 bridgehead atoms. The Labute approximate surface area is 191 Å². The molecule has 2 aliphatic heterocycles. The lowest BCUT2D eigenvalue weighted by atomic mass is 9.95. The molecule has 0 unspecified atom stereocenters. The largest absolute Gasteiger partial charge is 0.463 e. The van der Waals surface area contributed by atoms with Crippen LogP contribution in [0.1, 0.15) is 18.5 Å². The maximum absolute atomic E-state index is 13.4. The SMILES string of the molecule is CCOC(=O)C1=C(CN2CCN(c3ccc(F)cc3)CC2)NC(=O)N[C@H]1c1ccc(F)cc1. The maximum Gasteiger partial charge on any atom is 0.338 e. The summed E-state index contributed by atoms with van der Waals surface area (Å²) in [6.45, 7) is 5.10. The Morgan fingerprint density at radius 2 is 1.61 bits per heavy atom. The standard InChI is InChI=1S/C24H26F2N4O3/c1-2-33-23(31)21-20(27-24(32)28-22(21)16-3-5-17(25)6-4-16)15-29-11-13-30(14-12-29)19-9-7-18(26)8-10-19/h3-10,22H,2,11-15H2,1H3,(H2,27,28,32)/t22-/m0/s1. The third kappa shape index (κ3) is 5.31. The van der Waals surface area contributed by atoms with E-state index in [1.807, 2.05) is 0 Å². The van der Waals surface area contributed by atoms with Gasteiger partial charge in [-0.25, -0.2) is 18.4 Å². The number of esters is 1. The molecule has 0 aromatic heterocycles. The number of benzene rings is 2. The van der Waals surface area contributed by atoms with Gasteiger partial charge in [0.15, 0.2) is 0 Å². The van der Waals surface area contributed by atoms with E-state index in [9.17, 15) is 18.4 Å². The third-order valence-electron chi connectivity index (χ3n) is 5.80. The molecule has 0 saturated carbocycles. The molecule has 33 heavy (non-hydrogen) atoms. The van der Waals surface area contributed by atoms with Crippen molar-refractivity contribution >= 4 is 17.7 Å². The molecule has 0 spiro atoms. The molecule has 0 aliphatic carbocycles. The van der Waals surface area contributed by atoms with Gasteiger partial charge in [0, 0.05) is 44.1 Å². The smallest absolute Gasteiger partial charge is 0.338 e. The number of hydrogen-bond donors (Lipinski definition) is 2. The number of amides is 2. The highest BCUT2D eigenvalue weighted by molar-refractivity contribution is 5.95. The molecule has 9 heteroatoms. The first-order chi connectivity index (χ1) is 15.9. The van der Waals surface area contributed by atoms with Gasteiger partial charge in [-0.1, -0.05) is 12.1 Å². The number of nitrogens with one attached hydrogen (secondary N) is 2. The molecule has 4 rings (SSSR count). The number of halogens is 2. The summed E-state index contributed by atoms with van der Waals surface area (Å²) in [5.74, 6) is -1.20. The third-order valence-corrected chi connectivity index (χ3v) is 5.80. The molecule has 2 aromatic carbocycles. The molecule has 2 aliphatic rings. The summed E-state index contributed by atoms with van der Waals surface area (Å²) in [7, 11) is 0. The van der Waals surface area contributed by atoms with Crippen molar-refractivity contribution in [2.24, 2.45) is 0 Å². The summed E-state index contributed by atoms with van der Waals surface area (Å²) in [6.07, 6.45) is 0. The molecule has 2 aromatic rings. The van der Waals surface area contributed by atoms with Gasteiger partial charge in [-0.15, -0.1) is 0 Å². The summed E-state index contributed by atoms with van der Waals surface area (Å²) in [6, 6.07) is 10.9. The van der Waals surface area contributed by atoms with Crippen LogP contribution in [0.2, 0.25) is 0 Å². The highest BCUT2D eigenvalue weighted by atomic mass is 19.1. The van der Waals surface area contributed by atoms with Crippen molar-refractivity contribution in [3.05, 3.63) is 77.0 Å². The number of hydrogen-bond acceptors (Lipinski definition) is 5. The fourth-order valence-electron chi connectivity index (χ4n) is 4.14. The molecule has 2 N–H and O–H groups in total. The highest BCUT2D eigenvalue weighted by Crippen LogP contribution is 2.29. The second-order valence-corrected chi connectivity index (χ2v) is 7.94. The van der Waals surface area contributed by atoms with Crippen LogP contribution in [-0.4, -0.2) is 56.2 Å². The lowest BCUT2D eigenvalue weighted by molar-refractivity contribution is -0.139. The molecule has 2 heterocycles. The van der Waals surface area contributed by atoms with Crippen molar-refractivity contribution in [1.82, 2.24) is 15.5 Å². The number of ether oxygens (including phenoxy) is 1. The van der Waals surface area contributed by atoms with Crippen molar-refractivity contribution in [2.45, 2.75) is 13.0 Å². The second kappa shape index (κ2) is 9.99. The molecular formula is C24H26F2N4O3. The van der Waals surface area contributed by atoms with Crippen LogP contribution in [0.25, 0.3) is 0 Å². The summed E-state index contributed by atoms with van der Waals surface area (Å²) >= 11 is 0. The molecule has 0 radical (unpaired) electrons. The topological polar surface area (TPSA) is 73.9 Å². The Hall–Kier alpha value is -3.46. The van der Waals surface area contributed by atoms with E-state index in [-0.39, 0.29) is 12.4 Å². The molecule has 2 amide bonds.